The number of ether oxygens (including phenoxy) is 4. The van der Waals surface area contributed by atoms with Crippen LogP contribution in [0.15, 0.2) is 35.2 Å². The van der Waals surface area contributed by atoms with Gasteiger partial charge in [0.1, 0.15) is 5.60 Å². The third kappa shape index (κ3) is 4.63. The minimum atomic E-state index is -3.62. The summed E-state index contributed by atoms with van der Waals surface area (Å²) in [4.78, 5) is 14.0. The average molecular weight is 637 g/mol. The number of carbonyl (C=O) groups is 1. The monoisotopic (exact) mass is 636 g/mol. The quantitative estimate of drug-likeness (QED) is 0.253. The summed E-state index contributed by atoms with van der Waals surface area (Å²) < 4.78 is 60.7. The van der Waals surface area contributed by atoms with E-state index in [0.29, 0.717) is 13.0 Å². The Hall–Kier alpha value is -1.30. The van der Waals surface area contributed by atoms with E-state index < -0.39 is 58.3 Å². The molecule has 8 nitrogen and oxygen atoms in total. The van der Waals surface area contributed by atoms with Crippen molar-refractivity contribution in [2.75, 3.05) is 26.6 Å². The number of esters is 1. The number of hydrogen-bond donors (Lipinski definition) is 0. The van der Waals surface area contributed by atoms with E-state index in [1.54, 1.807) is 37.4 Å². The Kier molecular flexibility index (Phi) is 8.17. The Morgan fingerprint density at radius 1 is 1.07 bits per heavy atom. The molecule has 2 bridgehead atoms. The van der Waals surface area contributed by atoms with Crippen molar-refractivity contribution in [2.45, 2.75) is 114 Å². The van der Waals surface area contributed by atoms with Crippen molar-refractivity contribution in [3.63, 3.8) is 0 Å². The summed E-state index contributed by atoms with van der Waals surface area (Å²) in [5.74, 6) is -2.87. The van der Waals surface area contributed by atoms with E-state index in [-0.39, 0.29) is 40.1 Å². The highest BCUT2D eigenvalue weighted by molar-refractivity contribution is 7.91. The summed E-state index contributed by atoms with van der Waals surface area (Å²) >= 11 is 0. The maximum absolute atomic E-state index is 13.7. The van der Waals surface area contributed by atoms with Gasteiger partial charge in [-0.1, -0.05) is 59.7 Å². The average Bonchev–Trinajstić information content (AvgIpc) is 3.40. The highest BCUT2D eigenvalue weighted by atomic mass is 32.2. The van der Waals surface area contributed by atoms with Gasteiger partial charge in [-0.05, 0) is 61.4 Å². The van der Waals surface area contributed by atoms with Crippen molar-refractivity contribution >= 4 is 24.1 Å². The van der Waals surface area contributed by atoms with E-state index in [4.69, 9.17) is 23.4 Å². The predicted molar refractivity (Wildman–Crippen MR) is 167 cm³/mol. The first-order chi connectivity index (χ1) is 19.8. The van der Waals surface area contributed by atoms with Crippen LogP contribution in [0.3, 0.4) is 0 Å². The summed E-state index contributed by atoms with van der Waals surface area (Å²) in [5.41, 5.74) is -2.24. The second-order valence-electron chi connectivity index (χ2n) is 15.6. The van der Waals surface area contributed by atoms with E-state index in [2.05, 4.69) is 40.8 Å². The molecule has 1 saturated carbocycles. The molecule has 0 N–H and O–H groups in total. The van der Waals surface area contributed by atoms with Gasteiger partial charge < -0.3 is 23.4 Å². The van der Waals surface area contributed by atoms with E-state index in [1.807, 2.05) is 13.8 Å². The van der Waals surface area contributed by atoms with Crippen LogP contribution in [0.1, 0.15) is 67.2 Å². The molecule has 1 aromatic carbocycles. The van der Waals surface area contributed by atoms with Gasteiger partial charge in [0.05, 0.1) is 42.5 Å². The summed E-state index contributed by atoms with van der Waals surface area (Å²) in [6.07, 6.45) is 1.97. The number of benzene rings is 1. The lowest BCUT2D eigenvalue weighted by Crippen LogP contribution is -2.72. The van der Waals surface area contributed by atoms with Crippen molar-refractivity contribution in [3.8, 4) is 0 Å². The fourth-order valence-corrected chi connectivity index (χ4v) is 11.9. The van der Waals surface area contributed by atoms with Crippen LogP contribution in [0.2, 0.25) is 18.1 Å². The second-order valence-corrected chi connectivity index (χ2v) is 22.5. The van der Waals surface area contributed by atoms with Crippen molar-refractivity contribution in [2.24, 2.45) is 28.6 Å². The summed E-state index contributed by atoms with van der Waals surface area (Å²) in [6, 6.07) is 8.53. The van der Waals surface area contributed by atoms with Crippen molar-refractivity contribution in [3.05, 3.63) is 30.3 Å². The fraction of sp³-hybridized carbons (Fsp3) is 0.788. The number of methoxy groups -OCH3 is 2. The fourth-order valence-electron chi connectivity index (χ4n) is 9.06. The van der Waals surface area contributed by atoms with E-state index in [9.17, 15) is 13.2 Å². The molecular weight excluding hydrogens is 585 g/mol. The number of rotatable bonds is 8. The highest BCUT2D eigenvalue weighted by Crippen LogP contribution is 2.73. The summed E-state index contributed by atoms with van der Waals surface area (Å²) in [6.45, 7) is 18.0. The Morgan fingerprint density at radius 3 is 2.30 bits per heavy atom. The molecule has 3 aliphatic heterocycles. The van der Waals surface area contributed by atoms with E-state index in [1.165, 1.54) is 7.11 Å². The molecule has 1 aromatic rings. The zero-order chi connectivity index (χ0) is 31.9. The second kappa shape index (κ2) is 10.6. The molecule has 43 heavy (non-hydrogen) atoms. The zero-order valence-electron chi connectivity index (χ0n) is 27.7. The molecule has 1 spiro atoms. The number of fused-ring (bicyclic) bond motifs is 1. The van der Waals surface area contributed by atoms with Gasteiger partial charge in [-0.3, -0.25) is 4.79 Å². The Labute approximate surface area is 259 Å². The summed E-state index contributed by atoms with van der Waals surface area (Å²) in [7, 11) is -2.75. The van der Waals surface area contributed by atoms with Crippen LogP contribution >= 0.6 is 0 Å². The topological polar surface area (TPSA) is 97.4 Å². The van der Waals surface area contributed by atoms with Gasteiger partial charge in [0.15, 0.2) is 18.2 Å². The largest absolute Gasteiger partial charge is 0.469 e. The van der Waals surface area contributed by atoms with Crippen LogP contribution in [-0.2, 0) is 38.0 Å². The normalized spacial score (nSPS) is 38.8. The van der Waals surface area contributed by atoms with Gasteiger partial charge in [-0.2, -0.15) is 0 Å². The van der Waals surface area contributed by atoms with Crippen LogP contribution in [0.25, 0.3) is 0 Å². The summed E-state index contributed by atoms with van der Waals surface area (Å²) in [5, 5.41) is 0.0126. The van der Waals surface area contributed by atoms with Gasteiger partial charge >= 0.3 is 5.97 Å². The molecule has 3 heterocycles. The number of carbonyl (C=O) groups excluding carboxylic acids is 1. The molecule has 242 valence electrons. The molecule has 5 rings (SSSR count). The highest BCUT2D eigenvalue weighted by Gasteiger charge is 2.83. The van der Waals surface area contributed by atoms with Crippen LogP contribution < -0.4 is 0 Å². The van der Waals surface area contributed by atoms with E-state index >= 15 is 0 Å². The van der Waals surface area contributed by atoms with E-state index in [0.717, 1.165) is 12.8 Å². The predicted octanol–water partition coefficient (Wildman–Crippen LogP) is 6.00. The Morgan fingerprint density at radius 2 is 1.72 bits per heavy atom. The SMILES string of the molecule is COC(=O)[C@@H]1[C@H]2C[C@]3(C)[C@@H](O[Si](C)(C)C(C)(C)C)CC[C@@H]4CO[C@](OC)([C@H](CCS(=O)(=O)c5ccccc5)C1(C)C)[C@]43O2. The smallest absolute Gasteiger partial charge is 0.311 e. The van der Waals surface area contributed by atoms with Gasteiger partial charge in [-0.15, -0.1) is 0 Å². The lowest BCUT2D eigenvalue weighted by Gasteiger charge is -2.61. The standard InChI is InChI=1S/C33H52O8SSi/c1-29(2,3)43(9,10)41-26-17-16-22-21-39-33(38-8)25(18-19-42(35,36)23-14-12-11-13-15-23)30(4,5)27(28(34)37-7)24-20-31(26,6)32(22,33)40-24/h11-15,22,24-27H,16-21H2,1-10H3/t22-,24-,25-,26+,27+,31-,32+,33-/m1/s1. The van der Waals surface area contributed by atoms with Crippen LogP contribution in [0.5, 0.6) is 0 Å². The van der Waals surface area contributed by atoms with Gasteiger partial charge in [0, 0.05) is 24.4 Å². The first-order valence-corrected chi connectivity index (χ1v) is 20.3. The molecule has 4 aliphatic rings. The number of hydrogen-bond acceptors (Lipinski definition) is 8. The molecule has 0 unspecified atom stereocenters. The maximum atomic E-state index is 13.7. The lowest BCUT2D eigenvalue weighted by atomic mass is 9.49. The van der Waals surface area contributed by atoms with Crippen LogP contribution in [0, 0.1) is 28.6 Å². The van der Waals surface area contributed by atoms with Gasteiger partial charge in [0.2, 0.25) is 5.79 Å². The minimum Gasteiger partial charge on any atom is -0.469 e. The van der Waals surface area contributed by atoms with Crippen LogP contribution in [0.4, 0.5) is 0 Å². The zero-order valence-corrected chi connectivity index (χ0v) is 29.5. The molecule has 3 saturated heterocycles. The third-order valence-electron chi connectivity index (χ3n) is 12.2. The molecule has 8 atom stereocenters. The van der Waals surface area contributed by atoms with Gasteiger partial charge in [-0.25, -0.2) is 8.42 Å². The third-order valence-corrected chi connectivity index (χ3v) is 18.4. The Balaban J connectivity index is 1.67. The van der Waals surface area contributed by atoms with Crippen molar-refractivity contribution < 1.29 is 36.6 Å². The first kappa shape index (κ1) is 33.1. The van der Waals surface area contributed by atoms with Crippen molar-refractivity contribution in [1.29, 1.82) is 0 Å². The molecule has 0 aromatic heterocycles. The first-order valence-electron chi connectivity index (χ1n) is 15.7. The molecule has 0 radical (unpaired) electrons. The minimum absolute atomic E-state index is 0.0126. The maximum Gasteiger partial charge on any atom is 0.311 e. The Bertz CT molecular complexity index is 1320. The van der Waals surface area contributed by atoms with Gasteiger partial charge in [0.25, 0.3) is 0 Å². The molecular formula is C33H52O8SSi. The lowest BCUT2D eigenvalue weighted by molar-refractivity contribution is -0.340. The van der Waals surface area contributed by atoms with Crippen LogP contribution in [-0.4, -0.2) is 72.9 Å². The molecule has 10 heteroatoms. The van der Waals surface area contributed by atoms with Crippen molar-refractivity contribution in [1.82, 2.24) is 0 Å². The number of sulfone groups is 1. The molecule has 4 fully saturated rings. The molecule has 0 amide bonds. The molecule has 1 aliphatic carbocycles.